The molecule has 0 aromatic heterocycles. The number of rotatable bonds is 3. The van der Waals surface area contributed by atoms with Crippen molar-refractivity contribution in [2.24, 2.45) is 10.1 Å². The summed E-state index contributed by atoms with van der Waals surface area (Å²) in [4.78, 5) is 3.89. The van der Waals surface area contributed by atoms with Crippen molar-refractivity contribution in [2.45, 2.75) is 13.8 Å². The molecule has 0 saturated heterocycles. The van der Waals surface area contributed by atoms with Gasteiger partial charge in [-0.15, -0.1) is 0 Å². The Balaban J connectivity index is 3.93. The Morgan fingerprint density at radius 3 is 2.30 bits per heavy atom. The maximum Gasteiger partial charge on any atom is 0.0971 e. The number of aliphatic hydroxyl groups excluding tert-OH is 1. The molecule has 0 aromatic carbocycles. The summed E-state index contributed by atoms with van der Waals surface area (Å²) in [6, 6.07) is 0. The van der Waals surface area contributed by atoms with Gasteiger partial charge in [-0.1, -0.05) is 5.16 Å². The summed E-state index contributed by atoms with van der Waals surface area (Å²) < 4.78 is 0. The smallest absolute Gasteiger partial charge is 0.0971 e. The van der Waals surface area contributed by atoms with Crippen molar-refractivity contribution >= 4 is 11.4 Å². The van der Waals surface area contributed by atoms with Crippen LogP contribution in [-0.4, -0.2) is 34.9 Å². The SMILES string of the molecule is CC(=NCCO)/C(C)=N/O. The molecule has 0 spiro atoms. The molecule has 4 nitrogen and oxygen atoms in total. The molecular weight excluding hydrogens is 132 g/mol. The number of nitrogens with zero attached hydrogens (tertiary/aromatic N) is 2. The third-order valence-electron chi connectivity index (χ3n) is 1.12. The first-order valence-electron chi connectivity index (χ1n) is 3.03. The molecule has 0 radical (unpaired) electrons. The van der Waals surface area contributed by atoms with Crippen molar-refractivity contribution in [2.75, 3.05) is 13.2 Å². The second-order valence-electron chi connectivity index (χ2n) is 1.88. The number of hydrogen-bond acceptors (Lipinski definition) is 4. The Labute approximate surface area is 59.9 Å². The third-order valence-corrected chi connectivity index (χ3v) is 1.12. The Morgan fingerprint density at radius 2 is 1.90 bits per heavy atom. The van der Waals surface area contributed by atoms with Crippen molar-refractivity contribution in [3.8, 4) is 0 Å². The van der Waals surface area contributed by atoms with E-state index >= 15 is 0 Å². The molecule has 0 aliphatic carbocycles. The number of aliphatic hydroxyl groups is 1. The van der Waals surface area contributed by atoms with E-state index < -0.39 is 0 Å². The minimum atomic E-state index is 0.0239. The summed E-state index contributed by atoms with van der Waals surface area (Å²) in [7, 11) is 0. The van der Waals surface area contributed by atoms with Crippen molar-refractivity contribution in [3.63, 3.8) is 0 Å². The minimum absolute atomic E-state index is 0.0239. The van der Waals surface area contributed by atoms with Gasteiger partial charge in [0.1, 0.15) is 0 Å². The van der Waals surface area contributed by atoms with Gasteiger partial charge in [-0.2, -0.15) is 0 Å². The molecule has 10 heavy (non-hydrogen) atoms. The lowest BCUT2D eigenvalue weighted by atomic mass is 10.3. The van der Waals surface area contributed by atoms with E-state index in [1.165, 1.54) is 0 Å². The predicted octanol–water partition coefficient (Wildman–Crippen LogP) is 0.290. The third kappa shape index (κ3) is 3.19. The fourth-order valence-electron chi connectivity index (χ4n) is 0.404. The van der Waals surface area contributed by atoms with Crippen LogP contribution in [0.5, 0.6) is 0 Å². The summed E-state index contributed by atoms with van der Waals surface area (Å²) in [5, 5.41) is 19.6. The van der Waals surface area contributed by atoms with Gasteiger partial charge in [0.25, 0.3) is 0 Å². The van der Waals surface area contributed by atoms with Crippen LogP contribution < -0.4 is 0 Å². The average molecular weight is 144 g/mol. The molecule has 0 aromatic rings. The van der Waals surface area contributed by atoms with E-state index in [4.69, 9.17) is 10.3 Å². The standard InChI is InChI=1S/C6H12N2O2/c1-5(6(2)8-10)7-3-4-9/h9-10H,3-4H2,1-2H3/b7-5?,8-6+. The maximum atomic E-state index is 8.36. The van der Waals surface area contributed by atoms with Crippen LogP contribution in [0, 0.1) is 0 Å². The van der Waals surface area contributed by atoms with Gasteiger partial charge in [-0.25, -0.2) is 0 Å². The van der Waals surface area contributed by atoms with Crippen molar-refractivity contribution in [3.05, 3.63) is 0 Å². The summed E-state index contributed by atoms with van der Waals surface area (Å²) in [5.41, 5.74) is 1.13. The molecule has 0 unspecified atom stereocenters. The largest absolute Gasteiger partial charge is 0.411 e. The van der Waals surface area contributed by atoms with Gasteiger partial charge in [-0.05, 0) is 13.8 Å². The summed E-state index contributed by atoms with van der Waals surface area (Å²) in [6.07, 6.45) is 0. The molecule has 0 atom stereocenters. The zero-order chi connectivity index (χ0) is 7.98. The monoisotopic (exact) mass is 144 g/mol. The second kappa shape index (κ2) is 4.93. The van der Waals surface area contributed by atoms with Crippen LogP contribution in [0.25, 0.3) is 0 Å². The highest BCUT2D eigenvalue weighted by Crippen LogP contribution is 1.82. The van der Waals surface area contributed by atoms with Gasteiger partial charge in [0.05, 0.1) is 24.6 Å². The van der Waals surface area contributed by atoms with Crippen molar-refractivity contribution in [1.82, 2.24) is 0 Å². The molecule has 0 saturated carbocycles. The first kappa shape index (κ1) is 9.10. The molecule has 0 heterocycles. The van der Waals surface area contributed by atoms with Crippen LogP contribution in [0.4, 0.5) is 0 Å². The molecule has 58 valence electrons. The topological polar surface area (TPSA) is 65.2 Å². The molecule has 0 fully saturated rings. The summed E-state index contributed by atoms with van der Waals surface area (Å²) in [5.74, 6) is 0. The average Bonchev–Trinajstić information content (AvgIpc) is 1.98. The molecule has 0 aliphatic rings. The zero-order valence-electron chi connectivity index (χ0n) is 6.20. The quantitative estimate of drug-likeness (QED) is 0.339. The fraction of sp³-hybridized carbons (Fsp3) is 0.667. The highest BCUT2D eigenvalue weighted by molar-refractivity contribution is 6.40. The molecule has 0 aliphatic heterocycles. The van der Waals surface area contributed by atoms with E-state index in [2.05, 4.69) is 10.1 Å². The van der Waals surface area contributed by atoms with E-state index in [0.717, 1.165) is 0 Å². The van der Waals surface area contributed by atoms with Gasteiger partial charge in [0, 0.05) is 0 Å². The Morgan fingerprint density at radius 1 is 1.30 bits per heavy atom. The minimum Gasteiger partial charge on any atom is -0.411 e. The van der Waals surface area contributed by atoms with Gasteiger partial charge < -0.3 is 10.3 Å². The van der Waals surface area contributed by atoms with E-state index in [1.807, 2.05) is 0 Å². The highest BCUT2D eigenvalue weighted by atomic mass is 16.4. The van der Waals surface area contributed by atoms with Crippen molar-refractivity contribution < 1.29 is 10.3 Å². The molecule has 4 heteroatoms. The maximum absolute atomic E-state index is 8.36. The van der Waals surface area contributed by atoms with Crippen LogP contribution >= 0.6 is 0 Å². The molecule has 0 amide bonds. The zero-order valence-corrected chi connectivity index (χ0v) is 6.20. The molecule has 0 rings (SSSR count). The number of hydrogen-bond donors (Lipinski definition) is 2. The Kier molecular flexibility index (Phi) is 4.49. The Hall–Kier alpha value is -0.900. The number of oxime groups is 1. The van der Waals surface area contributed by atoms with Gasteiger partial charge >= 0.3 is 0 Å². The number of aliphatic imine (C=N–C) groups is 1. The van der Waals surface area contributed by atoms with Crippen LogP contribution in [0.15, 0.2) is 10.1 Å². The summed E-state index contributed by atoms with van der Waals surface area (Å²) in [6.45, 7) is 3.76. The Bertz CT molecular complexity index is 152. The summed E-state index contributed by atoms with van der Waals surface area (Å²) >= 11 is 0. The lowest BCUT2D eigenvalue weighted by Crippen LogP contribution is -2.07. The molecular formula is C6H12N2O2. The molecule has 0 bridgehead atoms. The van der Waals surface area contributed by atoms with Gasteiger partial charge in [0.15, 0.2) is 0 Å². The normalized spacial score (nSPS) is 13.9. The van der Waals surface area contributed by atoms with Gasteiger partial charge in [-0.3, -0.25) is 4.99 Å². The first-order valence-corrected chi connectivity index (χ1v) is 3.03. The van der Waals surface area contributed by atoms with E-state index in [-0.39, 0.29) is 6.61 Å². The lowest BCUT2D eigenvalue weighted by molar-refractivity contribution is 0.306. The van der Waals surface area contributed by atoms with E-state index in [9.17, 15) is 0 Å². The van der Waals surface area contributed by atoms with Crippen LogP contribution in [-0.2, 0) is 0 Å². The molecule has 2 N–H and O–H groups in total. The highest BCUT2D eigenvalue weighted by Gasteiger charge is 1.93. The fourth-order valence-corrected chi connectivity index (χ4v) is 0.404. The van der Waals surface area contributed by atoms with Crippen LogP contribution in [0.1, 0.15) is 13.8 Å². The van der Waals surface area contributed by atoms with Crippen molar-refractivity contribution in [1.29, 1.82) is 0 Å². The van der Waals surface area contributed by atoms with Crippen LogP contribution in [0.2, 0.25) is 0 Å². The predicted molar refractivity (Wildman–Crippen MR) is 40.0 cm³/mol. The second-order valence-corrected chi connectivity index (χ2v) is 1.88. The van der Waals surface area contributed by atoms with E-state index in [0.29, 0.717) is 18.0 Å². The van der Waals surface area contributed by atoms with Crippen LogP contribution in [0.3, 0.4) is 0 Å². The van der Waals surface area contributed by atoms with Gasteiger partial charge in [0.2, 0.25) is 0 Å². The first-order chi connectivity index (χ1) is 4.72. The lowest BCUT2D eigenvalue weighted by Gasteiger charge is -1.94. The van der Waals surface area contributed by atoms with E-state index in [1.54, 1.807) is 13.8 Å².